The number of aromatic carboxylic acids is 1. The average molecular weight is 301 g/mol. The van der Waals surface area contributed by atoms with Crippen LogP contribution >= 0.6 is 0 Å². The predicted octanol–water partition coefficient (Wildman–Crippen LogP) is 1.95. The van der Waals surface area contributed by atoms with E-state index in [0.29, 0.717) is 12.8 Å². The van der Waals surface area contributed by atoms with Crippen LogP contribution in [-0.4, -0.2) is 30.6 Å². The van der Waals surface area contributed by atoms with E-state index in [1.54, 1.807) is 0 Å². The molecule has 7 heteroatoms. The Hall–Kier alpha value is -1.60. The van der Waals surface area contributed by atoms with E-state index >= 15 is 0 Å². The molecule has 1 unspecified atom stereocenters. The minimum atomic E-state index is -3.79. The molecule has 0 spiro atoms. The van der Waals surface area contributed by atoms with Crippen LogP contribution in [0.1, 0.15) is 43.5 Å². The van der Waals surface area contributed by atoms with E-state index < -0.39 is 27.3 Å². The second-order valence-corrected chi connectivity index (χ2v) is 6.21. The lowest BCUT2D eigenvalue weighted by Gasteiger charge is -2.16. The molecule has 0 radical (unpaired) electrons. The first-order chi connectivity index (χ1) is 9.31. The van der Waals surface area contributed by atoms with Crippen molar-refractivity contribution in [2.75, 3.05) is 0 Å². The van der Waals surface area contributed by atoms with Gasteiger partial charge < -0.3 is 10.2 Å². The summed E-state index contributed by atoms with van der Waals surface area (Å²) in [5, 5.41) is 18.3. The molecule has 3 N–H and O–H groups in total. The normalized spacial score (nSPS) is 13.1. The van der Waals surface area contributed by atoms with E-state index in [1.165, 1.54) is 6.07 Å². The third-order valence-electron chi connectivity index (χ3n) is 2.96. The van der Waals surface area contributed by atoms with Crippen molar-refractivity contribution in [2.45, 2.75) is 44.0 Å². The summed E-state index contributed by atoms with van der Waals surface area (Å²) in [6.45, 7) is 3.84. The summed E-state index contributed by atoms with van der Waals surface area (Å²) in [7, 11) is -3.79. The zero-order valence-corrected chi connectivity index (χ0v) is 12.3. The molecule has 0 aliphatic carbocycles. The second kappa shape index (κ2) is 6.71. The van der Waals surface area contributed by atoms with Crippen LogP contribution in [0.5, 0.6) is 5.75 Å². The van der Waals surface area contributed by atoms with E-state index in [-0.39, 0.29) is 10.9 Å². The number of carboxylic acid groups (broad SMARTS) is 1. The molecule has 1 aromatic carbocycles. The lowest BCUT2D eigenvalue weighted by atomic mass is 10.1. The summed E-state index contributed by atoms with van der Waals surface area (Å²) >= 11 is 0. The van der Waals surface area contributed by atoms with Crippen LogP contribution in [0.2, 0.25) is 0 Å². The first-order valence-corrected chi connectivity index (χ1v) is 7.88. The average Bonchev–Trinajstić information content (AvgIpc) is 2.37. The molecule has 0 aromatic heterocycles. The number of hydrogen-bond acceptors (Lipinski definition) is 4. The van der Waals surface area contributed by atoms with Gasteiger partial charge in [-0.2, -0.15) is 0 Å². The van der Waals surface area contributed by atoms with Crippen LogP contribution in [0.15, 0.2) is 23.1 Å². The lowest BCUT2D eigenvalue weighted by Crippen LogP contribution is -2.34. The Bertz CT molecular complexity index is 582. The van der Waals surface area contributed by atoms with Crippen molar-refractivity contribution in [3.05, 3.63) is 23.8 Å². The van der Waals surface area contributed by atoms with E-state index in [1.807, 2.05) is 13.8 Å². The van der Waals surface area contributed by atoms with Crippen LogP contribution in [0, 0.1) is 0 Å². The van der Waals surface area contributed by atoms with Gasteiger partial charge in [-0.05, 0) is 31.0 Å². The molecule has 0 aliphatic heterocycles. The van der Waals surface area contributed by atoms with Crippen molar-refractivity contribution in [2.24, 2.45) is 0 Å². The number of carboxylic acids is 1. The highest BCUT2D eigenvalue weighted by atomic mass is 32.2. The maximum absolute atomic E-state index is 12.2. The van der Waals surface area contributed by atoms with Gasteiger partial charge in [0.05, 0.1) is 4.90 Å². The number of hydrogen-bond donors (Lipinski definition) is 3. The number of carbonyl (C=O) groups is 1. The predicted molar refractivity (Wildman–Crippen MR) is 74.4 cm³/mol. The van der Waals surface area contributed by atoms with Gasteiger partial charge in [-0.25, -0.2) is 17.9 Å². The number of phenols is 1. The molecule has 0 fully saturated rings. The molecule has 0 saturated carbocycles. The minimum absolute atomic E-state index is 0.165. The molecule has 0 amide bonds. The largest absolute Gasteiger partial charge is 0.507 e. The second-order valence-electron chi connectivity index (χ2n) is 4.50. The Morgan fingerprint density at radius 2 is 2.00 bits per heavy atom. The number of aromatic hydroxyl groups is 1. The lowest BCUT2D eigenvalue weighted by molar-refractivity contribution is 0.0693. The zero-order valence-electron chi connectivity index (χ0n) is 11.5. The Morgan fingerprint density at radius 1 is 1.35 bits per heavy atom. The van der Waals surface area contributed by atoms with Crippen molar-refractivity contribution in [3.63, 3.8) is 0 Å². The summed E-state index contributed by atoms with van der Waals surface area (Å²) in [6, 6.07) is 3.02. The Morgan fingerprint density at radius 3 is 2.50 bits per heavy atom. The molecular weight excluding hydrogens is 282 g/mol. The third-order valence-corrected chi connectivity index (χ3v) is 4.48. The Kier molecular flexibility index (Phi) is 5.52. The van der Waals surface area contributed by atoms with Crippen LogP contribution in [-0.2, 0) is 10.0 Å². The Labute approximate surface area is 118 Å². The van der Waals surface area contributed by atoms with Crippen molar-refractivity contribution in [1.29, 1.82) is 0 Å². The van der Waals surface area contributed by atoms with Crippen molar-refractivity contribution in [1.82, 2.24) is 4.72 Å². The van der Waals surface area contributed by atoms with E-state index in [9.17, 15) is 18.3 Å². The SMILES string of the molecule is CCCC(CC)NS(=O)(=O)c1ccc(O)c(C(=O)O)c1. The van der Waals surface area contributed by atoms with Crippen LogP contribution in [0.3, 0.4) is 0 Å². The summed E-state index contributed by atoms with van der Waals surface area (Å²) in [6.07, 6.45) is 2.20. The summed E-state index contributed by atoms with van der Waals surface area (Å²) in [5.41, 5.74) is -0.434. The van der Waals surface area contributed by atoms with Crippen molar-refractivity contribution < 1.29 is 23.4 Å². The minimum Gasteiger partial charge on any atom is -0.507 e. The quantitative estimate of drug-likeness (QED) is 0.714. The maximum atomic E-state index is 12.2. The molecule has 112 valence electrons. The molecule has 0 aliphatic rings. The molecule has 0 saturated heterocycles. The van der Waals surface area contributed by atoms with E-state index in [2.05, 4.69) is 4.72 Å². The first-order valence-electron chi connectivity index (χ1n) is 6.40. The molecule has 1 aromatic rings. The van der Waals surface area contributed by atoms with E-state index in [0.717, 1.165) is 18.6 Å². The van der Waals surface area contributed by atoms with Gasteiger partial charge in [0.1, 0.15) is 11.3 Å². The van der Waals surface area contributed by atoms with Gasteiger partial charge >= 0.3 is 5.97 Å². The fourth-order valence-electron chi connectivity index (χ4n) is 1.84. The van der Waals surface area contributed by atoms with E-state index in [4.69, 9.17) is 5.11 Å². The van der Waals surface area contributed by atoms with Gasteiger partial charge in [-0.3, -0.25) is 0 Å². The molecule has 1 atom stereocenters. The van der Waals surface area contributed by atoms with Gasteiger partial charge in [0.15, 0.2) is 0 Å². The highest BCUT2D eigenvalue weighted by molar-refractivity contribution is 7.89. The summed E-state index contributed by atoms with van der Waals surface area (Å²) in [4.78, 5) is 10.7. The van der Waals surface area contributed by atoms with Gasteiger partial charge in [-0.15, -0.1) is 0 Å². The monoisotopic (exact) mass is 301 g/mol. The number of rotatable bonds is 7. The fourth-order valence-corrected chi connectivity index (χ4v) is 3.22. The molecule has 6 nitrogen and oxygen atoms in total. The van der Waals surface area contributed by atoms with Crippen molar-refractivity contribution in [3.8, 4) is 5.75 Å². The molecular formula is C13H19NO5S. The summed E-state index contributed by atoms with van der Waals surface area (Å²) < 4.78 is 26.9. The van der Waals surface area contributed by atoms with Gasteiger partial charge in [0.25, 0.3) is 0 Å². The maximum Gasteiger partial charge on any atom is 0.339 e. The number of sulfonamides is 1. The Balaban J connectivity index is 3.09. The smallest absolute Gasteiger partial charge is 0.339 e. The van der Waals surface area contributed by atoms with Gasteiger partial charge in [0.2, 0.25) is 10.0 Å². The molecule has 0 heterocycles. The highest BCUT2D eigenvalue weighted by Gasteiger charge is 2.21. The van der Waals surface area contributed by atoms with Crippen LogP contribution < -0.4 is 4.72 Å². The standard InChI is InChI=1S/C13H19NO5S/c1-3-5-9(4-2)14-20(18,19)10-6-7-12(15)11(8-10)13(16)17/h6-9,14-15H,3-5H2,1-2H3,(H,16,17). The zero-order chi connectivity index (χ0) is 15.3. The third kappa shape index (κ3) is 3.94. The first kappa shape index (κ1) is 16.5. The highest BCUT2D eigenvalue weighted by Crippen LogP contribution is 2.21. The summed E-state index contributed by atoms with van der Waals surface area (Å²) in [5.74, 6) is -1.84. The fraction of sp³-hybridized carbons (Fsp3) is 0.462. The van der Waals surface area contributed by atoms with Crippen molar-refractivity contribution >= 4 is 16.0 Å². The van der Waals surface area contributed by atoms with Crippen LogP contribution in [0.25, 0.3) is 0 Å². The number of benzene rings is 1. The molecule has 0 bridgehead atoms. The molecule has 1 rings (SSSR count). The number of nitrogens with one attached hydrogen (secondary N) is 1. The van der Waals surface area contributed by atoms with Crippen LogP contribution in [0.4, 0.5) is 0 Å². The van der Waals surface area contributed by atoms with Gasteiger partial charge in [-0.1, -0.05) is 20.3 Å². The topological polar surface area (TPSA) is 104 Å². The van der Waals surface area contributed by atoms with Gasteiger partial charge in [0, 0.05) is 6.04 Å². The molecule has 20 heavy (non-hydrogen) atoms.